The molecule has 0 aliphatic rings. The lowest BCUT2D eigenvalue weighted by molar-refractivity contribution is -0.141. The van der Waals surface area contributed by atoms with Crippen LogP contribution in [-0.2, 0) is 27.3 Å². The molecular weight excluding hydrogens is 449 g/mol. The van der Waals surface area contributed by atoms with Crippen molar-refractivity contribution in [2.75, 3.05) is 19.0 Å². The largest absolute Gasteiger partial charge is 0.468 e. The summed E-state index contributed by atoms with van der Waals surface area (Å²) < 4.78 is 20.6. The molecule has 35 heavy (non-hydrogen) atoms. The second-order valence-corrected chi connectivity index (χ2v) is 7.95. The van der Waals surface area contributed by atoms with Crippen LogP contribution >= 0.6 is 0 Å². The lowest BCUT2D eigenvalue weighted by Gasteiger charge is -2.12. The summed E-state index contributed by atoms with van der Waals surface area (Å²) in [4.78, 5) is 36.3. The van der Waals surface area contributed by atoms with Crippen LogP contribution in [0.3, 0.4) is 0 Å². The first kappa shape index (κ1) is 23.7. The van der Waals surface area contributed by atoms with E-state index in [1.807, 2.05) is 24.3 Å². The van der Waals surface area contributed by atoms with E-state index < -0.39 is 5.97 Å². The molecule has 178 valence electrons. The Balaban J connectivity index is 1.49. The maximum Gasteiger partial charge on any atom is 0.325 e. The number of hydrogen-bond acceptors (Lipinski definition) is 4. The molecule has 0 saturated carbocycles. The lowest BCUT2D eigenvalue weighted by Crippen LogP contribution is -2.31. The predicted molar refractivity (Wildman–Crippen MR) is 131 cm³/mol. The summed E-state index contributed by atoms with van der Waals surface area (Å²) in [6.07, 6.45) is 0.0854. The van der Waals surface area contributed by atoms with Crippen molar-refractivity contribution in [3.63, 3.8) is 0 Å². The number of carbonyl (C=O) groups excluding carboxylic acids is 3. The number of aromatic nitrogens is 1. The first-order valence-electron chi connectivity index (χ1n) is 11.0. The van der Waals surface area contributed by atoms with Crippen molar-refractivity contribution in [1.29, 1.82) is 0 Å². The summed E-state index contributed by atoms with van der Waals surface area (Å²) in [5, 5.41) is 6.23. The fraction of sp³-hybridized carbons (Fsp3) is 0.148. The van der Waals surface area contributed by atoms with Gasteiger partial charge in [0.1, 0.15) is 18.1 Å². The van der Waals surface area contributed by atoms with Crippen LogP contribution in [0.5, 0.6) is 0 Å². The fourth-order valence-corrected chi connectivity index (χ4v) is 3.76. The van der Waals surface area contributed by atoms with Gasteiger partial charge >= 0.3 is 5.97 Å². The molecule has 0 aliphatic carbocycles. The summed E-state index contributed by atoms with van der Waals surface area (Å²) in [6, 6.07) is 22.7. The zero-order chi connectivity index (χ0) is 24.8. The van der Waals surface area contributed by atoms with Crippen molar-refractivity contribution in [3.8, 4) is 0 Å². The second kappa shape index (κ2) is 10.6. The van der Waals surface area contributed by atoms with Gasteiger partial charge < -0.3 is 19.9 Å². The normalized spacial score (nSPS) is 10.7. The average Bonchev–Trinajstić information content (AvgIpc) is 3.23. The number of halogens is 1. The number of fused-ring (bicyclic) bond motifs is 1. The number of ether oxygens (including phenoxy) is 1. The van der Waals surface area contributed by atoms with E-state index in [2.05, 4.69) is 15.4 Å². The molecule has 7 nitrogen and oxygen atoms in total. The maximum atomic E-state index is 14.3. The molecule has 0 radical (unpaired) electrons. The van der Waals surface area contributed by atoms with E-state index in [0.29, 0.717) is 16.9 Å². The third-order valence-electron chi connectivity index (χ3n) is 5.56. The molecule has 1 aromatic heterocycles. The van der Waals surface area contributed by atoms with Gasteiger partial charge in [-0.3, -0.25) is 14.4 Å². The standard InChI is InChI=1S/C27H24FN3O4/c1-35-26(33)16-29-25(32)14-18-10-12-21(13-11-18)30-27(34)24-15-19-6-3-5-9-23(19)31(24)17-20-7-2-4-8-22(20)28/h2-13,15H,14,16-17H2,1H3,(H,29,32)(H,30,34). The van der Waals surface area contributed by atoms with Gasteiger partial charge in [0.05, 0.1) is 20.1 Å². The summed E-state index contributed by atoms with van der Waals surface area (Å²) >= 11 is 0. The second-order valence-electron chi connectivity index (χ2n) is 7.95. The van der Waals surface area contributed by atoms with Gasteiger partial charge in [-0.25, -0.2) is 4.39 Å². The SMILES string of the molecule is COC(=O)CNC(=O)Cc1ccc(NC(=O)c2cc3ccccc3n2Cc2ccccc2F)cc1. The highest BCUT2D eigenvalue weighted by molar-refractivity contribution is 6.06. The number of carbonyl (C=O) groups is 3. The lowest BCUT2D eigenvalue weighted by atomic mass is 10.1. The zero-order valence-electron chi connectivity index (χ0n) is 19.1. The van der Waals surface area contributed by atoms with Gasteiger partial charge in [0.25, 0.3) is 5.91 Å². The van der Waals surface area contributed by atoms with Crippen molar-refractivity contribution >= 4 is 34.4 Å². The number of hydrogen-bond donors (Lipinski definition) is 2. The van der Waals surface area contributed by atoms with Gasteiger partial charge in [-0.05, 0) is 35.9 Å². The molecule has 0 unspecified atom stereocenters. The highest BCUT2D eigenvalue weighted by Gasteiger charge is 2.17. The molecule has 1 heterocycles. The number of nitrogens with zero attached hydrogens (tertiary/aromatic N) is 1. The van der Waals surface area contributed by atoms with Gasteiger partial charge in [-0.1, -0.05) is 48.5 Å². The van der Waals surface area contributed by atoms with E-state index in [0.717, 1.165) is 16.5 Å². The average molecular weight is 474 g/mol. The van der Waals surface area contributed by atoms with Gasteiger partial charge in [0, 0.05) is 22.2 Å². The fourth-order valence-electron chi connectivity index (χ4n) is 3.76. The molecule has 2 N–H and O–H groups in total. The monoisotopic (exact) mass is 473 g/mol. The number of anilines is 1. The van der Waals surface area contributed by atoms with Crippen LogP contribution in [0.1, 0.15) is 21.6 Å². The number of esters is 1. The molecule has 4 aromatic rings. The molecule has 0 atom stereocenters. The van der Waals surface area contributed by atoms with Gasteiger partial charge in [-0.15, -0.1) is 0 Å². The van der Waals surface area contributed by atoms with E-state index >= 15 is 0 Å². The molecule has 0 spiro atoms. The number of para-hydroxylation sites is 1. The minimum Gasteiger partial charge on any atom is -0.468 e. The molecule has 3 aromatic carbocycles. The molecule has 0 saturated heterocycles. The summed E-state index contributed by atoms with van der Waals surface area (Å²) in [6.45, 7) is 0.0208. The topological polar surface area (TPSA) is 89.4 Å². The first-order valence-corrected chi connectivity index (χ1v) is 11.0. The molecule has 8 heteroatoms. The zero-order valence-corrected chi connectivity index (χ0v) is 19.1. The highest BCUT2D eigenvalue weighted by Crippen LogP contribution is 2.23. The number of benzene rings is 3. The Morgan fingerprint density at radius 1 is 0.943 bits per heavy atom. The number of methoxy groups -OCH3 is 1. The molecule has 4 rings (SSSR count). The minimum absolute atomic E-state index is 0.0854. The van der Waals surface area contributed by atoms with Crippen LogP contribution in [0.2, 0.25) is 0 Å². The van der Waals surface area contributed by atoms with E-state index in [4.69, 9.17) is 0 Å². The Bertz CT molecular complexity index is 1380. The van der Waals surface area contributed by atoms with Crippen molar-refractivity contribution in [2.45, 2.75) is 13.0 Å². The van der Waals surface area contributed by atoms with Crippen molar-refractivity contribution in [2.24, 2.45) is 0 Å². The first-order chi connectivity index (χ1) is 16.9. The Kier molecular flexibility index (Phi) is 7.21. The smallest absolute Gasteiger partial charge is 0.325 e. The molecular formula is C27H24FN3O4. The van der Waals surface area contributed by atoms with Gasteiger partial charge in [0.15, 0.2) is 0 Å². The summed E-state index contributed by atoms with van der Waals surface area (Å²) in [7, 11) is 1.25. The van der Waals surface area contributed by atoms with Crippen molar-refractivity contribution < 1.29 is 23.5 Å². The number of amides is 2. The van der Waals surface area contributed by atoms with E-state index in [1.165, 1.54) is 13.2 Å². The third-order valence-corrected chi connectivity index (χ3v) is 5.56. The Morgan fingerprint density at radius 3 is 2.40 bits per heavy atom. The number of nitrogens with one attached hydrogen (secondary N) is 2. The Morgan fingerprint density at radius 2 is 1.66 bits per heavy atom. The molecule has 0 aliphatic heterocycles. The van der Waals surface area contributed by atoms with Crippen LogP contribution in [-0.4, -0.2) is 36.0 Å². The van der Waals surface area contributed by atoms with Gasteiger partial charge in [0.2, 0.25) is 5.91 Å². The van der Waals surface area contributed by atoms with Gasteiger partial charge in [-0.2, -0.15) is 0 Å². The van der Waals surface area contributed by atoms with Crippen LogP contribution in [0.15, 0.2) is 78.9 Å². The van der Waals surface area contributed by atoms with Crippen LogP contribution in [0.4, 0.5) is 10.1 Å². The number of rotatable bonds is 8. The van der Waals surface area contributed by atoms with Crippen molar-refractivity contribution in [3.05, 3.63) is 102 Å². The van der Waals surface area contributed by atoms with E-state index in [1.54, 1.807) is 53.1 Å². The minimum atomic E-state index is -0.524. The highest BCUT2D eigenvalue weighted by atomic mass is 19.1. The summed E-state index contributed by atoms with van der Waals surface area (Å²) in [5.41, 5.74) is 2.99. The van der Waals surface area contributed by atoms with Crippen LogP contribution in [0.25, 0.3) is 10.9 Å². The molecule has 0 fully saturated rings. The molecule has 0 bridgehead atoms. The maximum absolute atomic E-state index is 14.3. The Hall–Kier alpha value is -4.46. The van der Waals surface area contributed by atoms with Crippen molar-refractivity contribution in [1.82, 2.24) is 9.88 Å². The van der Waals surface area contributed by atoms with Crippen LogP contribution in [0, 0.1) is 5.82 Å². The molecule has 2 amide bonds. The van der Waals surface area contributed by atoms with E-state index in [-0.39, 0.29) is 37.1 Å². The quantitative estimate of drug-likeness (QED) is 0.380. The Labute approximate surface area is 201 Å². The summed E-state index contributed by atoms with van der Waals surface area (Å²) in [5.74, 6) is -1.50. The predicted octanol–water partition coefficient (Wildman–Crippen LogP) is 3.91. The third kappa shape index (κ3) is 5.73. The van der Waals surface area contributed by atoms with Crippen LogP contribution < -0.4 is 10.6 Å². The van der Waals surface area contributed by atoms with E-state index in [9.17, 15) is 18.8 Å².